The predicted molar refractivity (Wildman–Crippen MR) is 104 cm³/mol. The van der Waals surface area contributed by atoms with Crippen molar-refractivity contribution in [2.24, 2.45) is 0 Å². The SMILES string of the molecule is Cc1ccc(C)c(NC(=O)CC(=O)N2CCN(c3ccccc3F)CC2)c1. The quantitative estimate of drug-likeness (QED) is 0.843. The van der Waals surface area contributed by atoms with Gasteiger partial charge in [-0.3, -0.25) is 9.59 Å². The topological polar surface area (TPSA) is 52.7 Å². The standard InChI is InChI=1S/C21H24FN3O2/c1-15-7-8-16(2)18(13-15)23-20(26)14-21(27)25-11-9-24(10-12-25)19-6-4-3-5-17(19)22/h3-8,13H,9-12,14H2,1-2H3,(H,23,26). The van der Waals surface area contributed by atoms with Gasteiger partial charge in [-0.15, -0.1) is 0 Å². The number of nitrogens with one attached hydrogen (secondary N) is 1. The second-order valence-corrected chi connectivity index (χ2v) is 6.86. The summed E-state index contributed by atoms with van der Waals surface area (Å²) in [7, 11) is 0. The van der Waals surface area contributed by atoms with E-state index in [-0.39, 0.29) is 24.1 Å². The average molecular weight is 369 g/mol. The molecule has 2 amide bonds. The maximum atomic E-state index is 13.9. The summed E-state index contributed by atoms with van der Waals surface area (Å²) in [5.41, 5.74) is 3.29. The van der Waals surface area contributed by atoms with E-state index in [1.165, 1.54) is 6.07 Å². The van der Waals surface area contributed by atoms with E-state index in [0.717, 1.165) is 16.8 Å². The third-order valence-electron chi connectivity index (χ3n) is 4.80. The molecular weight excluding hydrogens is 345 g/mol. The molecule has 1 saturated heterocycles. The van der Waals surface area contributed by atoms with Crippen LogP contribution in [0.2, 0.25) is 0 Å². The van der Waals surface area contributed by atoms with Gasteiger partial charge in [-0.1, -0.05) is 24.3 Å². The van der Waals surface area contributed by atoms with Crippen LogP contribution < -0.4 is 10.2 Å². The number of hydrogen-bond acceptors (Lipinski definition) is 3. The van der Waals surface area contributed by atoms with E-state index in [0.29, 0.717) is 31.9 Å². The molecule has 2 aromatic rings. The molecule has 0 atom stereocenters. The fourth-order valence-electron chi connectivity index (χ4n) is 3.22. The Morgan fingerprint density at radius 3 is 2.44 bits per heavy atom. The largest absolute Gasteiger partial charge is 0.366 e. The van der Waals surface area contributed by atoms with Gasteiger partial charge in [0.2, 0.25) is 11.8 Å². The predicted octanol–water partition coefficient (Wildman–Crippen LogP) is 3.12. The number of amides is 2. The lowest BCUT2D eigenvalue weighted by Crippen LogP contribution is -2.49. The Labute approximate surface area is 158 Å². The zero-order chi connectivity index (χ0) is 19.4. The van der Waals surface area contributed by atoms with E-state index in [2.05, 4.69) is 5.32 Å². The third kappa shape index (κ3) is 4.64. The average Bonchev–Trinajstić information content (AvgIpc) is 2.65. The van der Waals surface area contributed by atoms with Crippen LogP contribution in [-0.2, 0) is 9.59 Å². The van der Waals surface area contributed by atoms with Crippen molar-refractivity contribution in [1.29, 1.82) is 0 Å². The minimum absolute atomic E-state index is 0.187. The lowest BCUT2D eigenvalue weighted by molar-refractivity contribution is -0.134. The number of hydrogen-bond donors (Lipinski definition) is 1. The highest BCUT2D eigenvalue weighted by Crippen LogP contribution is 2.20. The van der Waals surface area contributed by atoms with E-state index in [1.54, 1.807) is 23.1 Å². The zero-order valence-corrected chi connectivity index (χ0v) is 15.7. The van der Waals surface area contributed by atoms with Crippen LogP contribution in [0.5, 0.6) is 0 Å². The van der Waals surface area contributed by atoms with Gasteiger partial charge >= 0.3 is 0 Å². The Morgan fingerprint density at radius 2 is 1.74 bits per heavy atom. The van der Waals surface area contributed by atoms with Crippen molar-refractivity contribution in [2.45, 2.75) is 20.3 Å². The molecule has 0 aromatic heterocycles. The minimum Gasteiger partial charge on any atom is -0.366 e. The fraction of sp³-hybridized carbons (Fsp3) is 0.333. The van der Waals surface area contributed by atoms with Crippen LogP contribution in [0.25, 0.3) is 0 Å². The van der Waals surface area contributed by atoms with Gasteiger partial charge in [-0.05, 0) is 43.2 Å². The molecule has 0 saturated carbocycles. The van der Waals surface area contributed by atoms with E-state index >= 15 is 0 Å². The molecule has 2 aromatic carbocycles. The molecule has 0 unspecified atom stereocenters. The molecule has 1 aliphatic rings. The molecule has 1 fully saturated rings. The Bertz CT molecular complexity index is 845. The summed E-state index contributed by atoms with van der Waals surface area (Å²) in [4.78, 5) is 28.3. The number of nitrogens with zero attached hydrogens (tertiary/aromatic N) is 2. The smallest absolute Gasteiger partial charge is 0.233 e. The number of para-hydroxylation sites is 1. The van der Waals surface area contributed by atoms with E-state index in [4.69, 9.17) is 0 Å². The monoisotopic (exact) mass is 369 g/mol. The van der Waals surface area contributed by atoms with Gasteiger partial charge in [0.05, 0.1) is 5.69 Å². The molecule has 1 N–H and O–H groups in total. The molecule has 3 rings (SSSR count). The molecule has 0 spiro atoms. The van der Waals surface area contributed by atoms with Gasteiger partial charge in [-0.25, -0.2) is 4.39 Å². The van der Waals surface area contributed by atoms with E-state index in [1.807, 2.05) is 36.9 Å². The minimum atomic E-state index is -0.315. The number of carbonyl (C=O) groups excluding carboxylic acids is 2. The highest BCUT2D eigenvalue weighted by Gasteiger charge is 2.24. The van der Waals surface area contributed by atoms with Gasteiger partial charge in [0.25, 0.3) is 0 Å². The lowest BCUT2D eigenvalue weighted by Gasteiger charge is -2.36. The first-order valence-corrected chi connectivity index (χ1v) is 9.08. The molecule has 6 heteroatoms. The van der Waals surface area contributed by atoms with Gasteiger partial charge < -0.3 is 15.1 Å². The van der Waals surface area contributed by atoms with Crippen LogP contribution in [0.4, 0.5) is 15.8 Å². The van der Waals surface area contributed by atoms with Gasteiger partial charge in [0.1, 0.15) is 12.2 Å². The van der Waals surface area contributed by atoms with Crippen molar-refractivity contribution >= 4 is 23.2 Å². The number of benzene rings is 2. The van der Waals surface area contributed by atoms with E-state index in [9.17, 15) is 14.0 Å². The molecule has 0 radical (unpaired) electrons. The van der Waals surface area contributed by atoms with Crippen LogP contribution in [0, 0.1) is 19.7 Å². The Morgan fingerprint density at radius 1 is 1.04 bits per heavy atom. The maximum Gasteiger partial charge on any atom is 0.233 e. The number of anilines is 2. The molecule has 1 aliphatic heterocycles. The number of aryl methyl sites for hydroxylation is 2. The van der Waals surface area contributed by atoms with Gasteiger partial charge in [0.15, 0.2) is 0 Å². The summed E-state index contributed by atoms with van der Waals surface area (Å²) < 4.78 is 13.9. The van der Waals surface area contributed by atoms with Crippen LogP contribution >= 0.6 is 0 Å². The van der Waals surface area contributed by atoms with Gasteiger partial charge in [-0.2, -0.15) is 0 Å². The van der Waals surface area contributed by atoms with Crippen molar-refractivity contribution in [3.05, 3.63) is 59.4 Å². The van der Waals surface area contributed by atoms with Crippen molar-refractivity contribution < 1.29 is 14.0 Å². The normalized spacial score (nSPS) is 14.2. The Hall–Kier alpha value is -2.89. The first kappa shape index (κ1) is 18.9. The Balaban J connectivity index is 1.53. The number of piperazine rings is 1. The van der Waals surface area contributed by atoms with Crippen molar-refractivity contribution in [2.75, 3.05) is 36.4 Å². The van der Waals surface area contributed by atoms with Crippen molar-refractivity contribution in [3.63, 3.8) is 0 Å². The first-order chi connectivity index (χ1) is 12.9. The molecule has 1 heterocycles. The third-order valence-corrected chi connectivity index (χ3v) is 4.80. The number of rotatable bonds is 4. The van der Waals surface area contributed by atoms with Crippen LogP contribution in [0.15, 0.2) is 42.5 Å². The fourth-order valence-corrected chi connectivity index (χ4v) is 3.22. The molecule has 5 nitrogen and oxygen atoms in total. The summed E-state index contributed by atoms with van der Waals surface area (Å²) in [6.07, 6.45) is -0.187. The zero-order valence-electron chi connectivity index (χ0n) is 15.7. The molecule has 142 valence electrons. The first-order valence-electron chi connectivity index (χ1n) is 9.08. The summed E-state index contributed by atoms with van der Waals surface area (Å²) in [6.45, 7) is 5.92. The molecular formula is C21H24FN3O2. The van der Waals surface area contributed by atoms with Crippen LogP contribution in [0.1, 0.15) is 17.5 Å². The van der Waals surface area contributed by atoms with Gasteiger partial charge in [0, 0.05) is 31.9 Å². The number of halogens is 1. The second-order valence-electron chi connectivity index (χ2n) is 6.86. The van der Waals surface area contributed by atoms with E-state index < -0.39 is 0 Å². The summed E-state index contributed by atoms with van der Waals surface area (Å²) >= 11 is 0. The lowest BCUT2D eigenvalue weighted by atomic mass is 10.1. The second kappa shape index (κ2) is 8.20. The summed E-state index contributed by atoms with van der Waals surface area (Å²) in [5.74, 6) is -0.776. The molecule has 27 heavy (non-hydrogen) atoms. The van der Waals surface area contributed by atoms with Crippen LogP contribution in [-0.4, -0.2) is 42.9 Å². The highest BCUT2D eigenvalue weighted by atomic mass is 19.1. The molecule has 0 aliphatic carbocycles. The van der Waals surface area contributed by atoms with Crippen molar-refractivity contribution in [3.8, 4) is 0 Å². The Kier molecular flexibility index (Phi) is 5.74. The van der Waals surface area contributed by atoms with Crippen molar-refractivity contribution in [1.82, 2.24) is 4.90 Å². The molecule has 0 bridgehead atoms. The summed E-state index contributed by atoms with van der Waals surface area (Å²) in [6, 6.07) is 12.4. The summed E-state index contributed by atoms with van der Waals surface area (Å²) in [5, 5.41) is 2.82. The highest BCUT2D eigenvalue weighted by molar-refractivity contribution is 6.04. The number of carbonyl (C=O) groups is 2. The maximum absolute atomic E-state index is 13.9. The van der Waals surface area contributed by atoms with Crippen LogP contribution in [0.3, 0.4) is 0 Å².